The molecule has 2 unspecified atom stereocenters. The predicted octanol–water partition coefficient (Wildman–Crippen LogP) is 3.46. The molecule has 0 saturated heterocycles. The highest BCUT2D eigenvalue weighted by molar-refractivity contribution is 9.09. The number of hydrogen-bond acceptors (Lipinski definition) is 2. The average molecular weight is 325 g/mol. The Morgan fingerprint density at radius 1 is 1.58 bits per heavy atom. The van der Waals surface area contributed by atoms with Gasteiger partial charge in [-0.2, -0.15) is 0 Å². The molecule has 0 radical (unpaired) electrons. The van der Waals surface area contributed by atoms with E-state index in [4.69, 9.17) is 0 Å². The maximum Gasteiger partial charge on any atom is 0.253 e. The molecular weight excluding hydrogens is 304 g/mol. The lowest BCUT2D eigenvalue weighted by atomic mass is 9.77. The van der Waals surface area contributed by atoms with Crippen LogP contribution >= 0.6 is 15.9 Å². The third kappa shape index (κ3) is 3.56. The number of amides is 1. The Labute approximate surface area is 123 Å². The van der Waals surface area contributed by atoms with Crippen LogP contribution in [0.25, 0.3) is 0 Å². The molecule has 1 aromatic rings. The van der Waals surface area contributed by atoms with Crippen LogP contribution in [-0.4, -0.2) is 21.8 Å². The first-order chi connectivity index (χ1) is 9.04. The number of carbonyl (C=O) groups is 1. The second-order valence-electron chi connectivity index (χ2n) is 5.82. The molecule has 1 amide bonds. The lowest BCUT2D eigenvalue weighted by Crippen LogP contribution is -2.52. The molecule has 2 rings (SSSR count). The molecule has 0 aromatic carbocycles. The van der Waals surface area contributed by atoms with E-state index in [1.165, 1.54) is 12.8 Å². The Morgan fingerprint density at radius 2 is 2.37 bits per heavy atom. The molecule has 2 atom stereocenters. The van der Waals surface area contributed by atoms with Gasteiger partial charge in [-0.05, 0) is 37.3 Å². The Morgan fingerprint density at radius 3 is 3.00 bits per heavy atom. The number of rotatable bonds is 3. The zero-order valence-electron chi connectivity index (χ0n) is 11.6. The summed E-state index contributed by atoms with van der Waals surface area (Å²) in [6.07, 6.45) is 7.93. The second kappa shape index (κ2) is 6.04. The van der Waals surface area contributed by atoms with Crippen molar-refractivity contribution in [1.82, 2.24) is 10.3 Å². The van der Waals surface area contributed by atoms with Crippen LogP contribution in [0.2, 0.25) is 0 Å². The zero-order chi connectivity index (χ0) is 13.9. The highest BCUT2D eigenvalue weighted by Crippen LogP contribution is 2.33. The number of hydrogen-bond donors (Lipinski definition) is 1. The normalized spacial score (nSPS) is 27.0. The molecule has 1 N–H and O–H groups in total. The number of aryl methyl sites for hydroxylation is 1. The van der Waals surface area contributed by atoms with Crippen molar-refractivity contribution in [2.75, 3.05) is 5.33 Å². The number of alkyl halides is 1. The fraction of sp³-hybridized carbons (Fsp3) is 0.600. The number of halogens is 1. The van der Waals surface area contributed by atoms with Crippen LogP contribution in [0, 0.1) is 12.8 Å². The summed E-state index contributed by atoms with van der Waals surface area (Å²) in [6, 6.07) is 1.89. The van der Waals surface area contributed by atoms with Gasteiger partial charge < -0.3 is 5.32 Å². The molecule has 0 aliphatic heterocycles. The number of pyridine rings is 1. The third-order valence-electron chi connectivity index (χ3n) is 3.86. The summed E-state index contributed by atoms with van der Waals surface area (Å²) in [4.78, 5) is 16.5. The molecule has 1 saturated carbocycles. The van der Waals surface area contributed by atoms with E-state index in [2.05, 4.69) is 33.2 Å². The van der Waals surface area contributed by atoms with Gasteiger partial charge in [-0.15, -0.1) is 0 Å². The van der Waals surface area contributed by atoms with Gasteiger partial charge in [-0.1, -0.05) is 35.7 Å². The summed E-state index contributed by atoms with van der Waals surface area (Å²) in [7, 11) is 0. The van der Waals surface area contributed by atoms with E-state index in [9.17, 15) is 4.79 Å². The van der Waals surface area contributed by atoms with Gasteiger partial charge in [0.15, 0.2) is 0 Å². The minimum absolute atomic E-state index is 0.00949. The van der Waals surface area contributed by atoms with Gasteiger partial charge in [0.1, 0.15) is 0 Å². The van der Waals surface area contributed by atoms with Gasteiger partial charge in [0.2, 0.25) is 0 Å². The van der Waals surface area contributed by atoms with Crippen molar-refractivity contribution in [3.05, 3.63) is 29.6 Å². The number of aromatic nitrogens is 1. The van der Waals surface area contributed by atoms with Crippen molar-refractivity contribution in [3.63, 3.8) is 0 Å². The van der Waals surface area contributed by atoms with Crippen LogP contribution in [0.5, 0.6) is 0 Å². The maximum absolute atomic E-state index is 12.4. The molecule has 104 valence electrons. The van der Waals surface area contributed by atoms with Crippen LogP contribution in [0.4, 0.5) is 0 Å². The van der Waals surface area contributed by atoms with Crippen molar-refractivity contribution in [2.45, 2.75) is 45.1 Å². The Bertz CT molecular complexity index is 463. The Hall–Kier alpha value is -0.900. The van der Waals surface area contributed by atoms with Gasteiger partial charge in [-0.3, -0.25) is 9.78 Å². The largest absolute Gasteiger partial charge is 0.346 e. The van der Waals surface area contributed by atoms with Crippen LogP contribution in [0.15, 0.2) is 18.5 Å². The van der Waals surface area contributed by atoms with E-state index in [1.54, 1.807) is 12.4 Å². The quantitative estimate of drug-likeness (QED) is 0.865. The van der Waals surface area contributed by atoms with Gasteiger partial charge in [0.05, 0.1) is 11.1 Å². The predicted molar refractivity (Wildman–Crippen MR) is 80.6 cm³/mol. The Kier molecular flexibility index (Phi) is 4.61. The van der Waals surface area contributed by atoms with Crippen LogP contribution in [0.1, 0.15) is 48.5 Å². The lowest BCUT2D eigenvalue weighted by molar-refractivity contribution is 0.0869. The number of nitrogens with one attached hydrogen (secondary N) is 1. The standard InChI is InChI=1S/C15H21BrN2O/c1-11-4-3-5-15(7-11,10-16)18-14(19)13-6-12(2)8-17-9-13/h6,8-9,11H,3-5,7,10H2,1-2H3,(H,18,19). The second-order valence-corrected chi connectivity index (χ2v) is 6.38. The summed E-state index contributed by atoms with van der Waals surface area (Å²) in [6.45, 7) is 4.21. The topological polar surface area (TPSA) is 42.0 Å². The molecule has 1 aliphatic carbocycles. The van der Waals surface area contributed by atoms with E-state index >= 15 is 0 Å². The zero-order valence-corrected chi connectivity index (χ0v) is 13.2. The van der Waals surface area contributed by atoms with Gasteiger partial charge in [0.25, 0.3) is 5.91 Å². The maximum atomic E-state index is 12.4. The molecular formula is C15H21BrN2O. The smallest absolute Gasteiger partial charge is 0.253 e. The highest BCUT2D eigenvalue weighted by Gasteiger charge is 2.35. The summed E-state index contributed by atoms with van der Waals surface area (Å²) in [5.74, 6) is 0.659. The van der Waals surface area contributed by atoms with E-state index in [-0.39, 0.29) is 11.4 Å². The highest BCUT2D eigenvalue weighted by atomic mass is 79.9. The van der Waals surface area contributed by atoms with E-state index < -0.39 is 0 Å². The SMILES string of the molecule is Cc1cncc(C(=O)NC2(CBr)CCCC(C)C2)c1. The fourth-order valence-electron chi connectivity index (χ4n) is 2.92. The first kappa shape index (κ1) is 14.5. The molecule has 19 heavy (non-hydrogen) atoms. The monoisotopic (exact) mass is 324 g/mol. The first-order valence-electron chi connectivity index (χ1n) is 6.85. The summed E-state index contributed by atoms with van der Waals surface area (Å²) >= 11 is 3.58. The molecule has 4 heteroatoms. The minimum atomic E-state index is -0.0987. The fourth-order valence-corrected chi connectivity index (χ4v) is 3.57. The molecule has 0 bridgehead atoms. The summed E-state index contributed by atoms with van der Waals surface area (Å²) < 4.78 is 0. The molecule has 1 aromatic heterocycles. The molecule has 3 nitrogen and oxygen atoms in total. The summed E-state index contributed by atoms with van der Waals surface area (Å²) in [5.41, 5.74) is 1.56. The number of nitrogens with zero attached hydrogens (tertiary/aromatic N) is 1. The van der Waals surface area contributed by atoms with E-state index in [0.717, 1.165) is 23.7 Å². The van der Waals surface area contributed by atoms with Crippen LogP contribution in [-0.2, 0) is 0 Å². The van der Waals surface area contributed by atoms with Crippen LogP contribution < -0.4 is 5.32 Å². The van der Waals surface area contributed by atoms with Crippen molar-refractivity contribution in [1.29, 1.82) is 0 Å². The third-order valence-corrected chi connectivity index (χ3v) is 4.94. The molecule has 1 aliphatic rings. The molecule has 1 fully saturated rings. The van der Waals surface area contributed by atoms with E-state index in [1.807, 2.05) is 13.0 Å². The average Bonchev–Trinajstić information content (AvgIpc) is 2.38. The van der Waals surface area contributed by atoms with Crippen LogP contribution in [0.3, 0.4) is 0 Å². The summed E-state index contributed by atoms with van der Waals surface area (Å²) in [5, 5.41) is 4.04. The van der Waals surface area contributed by atoms with Crippen molar-refractivity contribution >= 4 is 21.8 Å². The van der Waals surface area contributed by atoms with Crippen molar-refractivity contribution in [3.8, 4) is 0 Å². The Balaban J connectivity index is 2.12. The molecule has 1 heterocycles. The first-order valence-corrected chi connectivity index (χ1v) is 7.97. The van der Waals surface area contributed by atoms with Crippen molar-refractivity contribution < 1.29 is 4.79 Å². The lowest BCUT2D eigenvalue weighted by Gasteiger charge is -2.39. The van der Waals surface area contributed by atoms with Crippen molar-refractivity contribution in [2.24, 2.45) is 5.92 Å². The molecule has 0 spiro atoms. The van der Waals surface area contributed by atoms with Gasteiger partial charge in [0, 0.05) is 17.7 Å². The minimum Gasteiger partial charge on any atom is -0.346 e. The van der Waals surface area contributed by atoms with Gasteiger partial charge in [-0.25, -0.2) is 0 Å². The van der Waals surface area contributed by atoms with E-state index in [0.29, 0.717) is 11.5 Å². The van der Waals surface area contributed by atoms with Gasteiger partial charge >= 0.3 is 0 Å². The number of carbonyl (C=O) groups excluding carboxylic acids is 1.